The number of halogens is 2. The van der Waals surface area contributed by atoms with Gasteiger partial charge in [0, 0.05) is 19.8 Å². The molecule has 0 aliphatic heterocycles. The van der Waals surface area contributed by atoms with Crippen molar-refractivity contribution in [1.82, 2.24) is 4.98 Å². The number of benzene rings is 3. The third-order valence-corrected chi connectivity index (χ3v) is 6.21. The Morgan fingerprint density at radius 1 is 1.10 bits per heavy atom. The van der Waals surface area contributed by atoms with Crippen LogP contribution in [0.5, 0.6) is 0 Å². The molecule has 156 valence electrons. The molecule has 0 saturated carbocycles. The number of amides is 1. The summed E-state index contributed by atoms with van der Waals surface area (Å²) in [5.41, 5.74) is 5.17. The predicted octanol–water partition coefficient (Wildman–Crippen LogP) is 7.64. The van der Waals surface area contributed by atoms with E-state index in [1.807, 2.05) is 48.5 Å². The smallest absolute Gasteiger partial charge is 0.248 e. The SMILES string of the molecule is CC(C)c1ccc(C=CC(=O)Nc2ccc3oc(-c4cc(I)ccc4Br)nc3c2)cc1. The summed E-state index contributed by atoms with van der Waals surface area (Å²) in [7, 11) is 0. The zero-order valence-electron chi connectivity index (χ0n) is 17.0. The molecule has 3 aromatic carbocycles. The molecule has 6 heteroatoms. The highest BCUT2D eigenvalue weighted by molar-refractivity contribution is 14.1. The Morgan fingerprint density at radius 3 is 2.61 bits per heavy atom. The molecule has 4 rings (SSSR count). The van der Waals surface area contributed by atoms with Crippen molar-refractivity contribution in [3.8, 4) is 11.5 Å². The molecule has 1 amide bonds. The Morgan fingerprint density at radius 2 is 1.87 bits per heavy atom. The summed E-state index contributed by atoms with van der Waals surface area (Å²) in [6.07, 6.45) is 3.34. The van der Waals surface area contributed by atoms with Crippen molar-refractivity contribution in [1.29, 1.82) is 0 Å². The van der Waals surface area contributed by atoms with Gasteiger partial charge in [0.15, 0.2) is 5.58 Å². The normalized spacial score (nSPS) is 11.5. The van der Waals surface area contributed by atoms with Crippen LogP contribution in [0.2, 0.25) is 0 Å². The van der Waals surface area contributed by atoms with Gasteiger partial charge in [-0.1, -0.05) is 38.1 Å². The summed E-state index contributed by atoms with van der Waals surface area (Å²) in [4.78, 5) is 17.0. The van der Waals surface area contributed by atoms with Crippen LogP contribution in [0.1, 0.15) is 30.9 Å². The first-order valence-electron chi connectivity index (χ1n) is 9.84. The van der Waals surface area contributed by atoms with E-state index in [9.17, 15) is 4.79 Å². The minimum atomic E-state index is -0.198. The van der Waals surface area contributed by atoms with Gasteiger partial charge in [-0.25, -0.2) is 4.98 Å². The number of carbonyl (C=O) groups excluding carboxylic acids is 1. The number of anilines is 1. The average Bonchev–Trinajstić information content (AvgIpc) is 3.17. The van der Waals surface area contributed by atoms with Crippen LogP contribution in [0, 0.1) is 3.57 Å². The van der Waals surface area contributed by atoms with Gasteiger partial charge in [0.2, 0.25) is 11.8 Å². The lowest BCUT2D eigenvalue weighted by atomic mass is 10.0. The van der Waals surface area contributed by atoms with Crippen LogP contribution in [0.15, 0.2) is 75.6 Å². The maximum absolute atomic E-state index is 12.4. The summed E-state index contributed by atoms with van der Waals surface area (Å²) in [6, 6.07) is 19.6. The second-order valence-corrected chi connectivity index (χ2v) is 9.57. The predicted molar refractivity (Wildman–Crippen MR) is 138 cm³/mol. The van der Waals surface area contributed by atoms with Gasteiger partial charge >= 0.3 is 0 Å². The van der Waals surface area contributed by atoms with Crippen LogP contribution >= 0.6 is 38.5 Å². The van der Waals surface area contributed by atoms with E-state index in [4.69, 9.17) is 4.42 Å². The highest BCUT2D eigenvalue weighted by atomic mass is 127. The molecule has 0 unspecified atom stereocenters. The van der Waals surface area contributed by atoms with E-state index in [0.717, 1.165) is 19.2 Å². The molecule has 0 aliphatic carbocycles. The van der Waals surface area contributed by atoms with Crippen molar-refractivity contribution in [3.05, 3.63) is 85.9 Å². The molecule has 0 bridgehead atoms. The summed E-state index contributed by atoms with van der Waals surface area (Å²) in [6.45, 7) is 4.32. The largest absolute Gasteiger partial charge is 0.436 e. The molecular weight excluding hydrogens is 567 g/mol. The molecule has 1 aromatic heterocycles. The van der Waals surface area contributed by atoms with E-state index in [-0.39, 0.29) is 5.91 Å². The van der Waals surface area contributed by atoms with E-state index in [0.29, 0.717) is 28.6 Å². The number of carbonyl (C=O) groups is 1. The van der Waals surface area contributed by atoms with Gasteiger partial charge in [-0.15, -0.1) is 0 Å². The Hall–Kier alpha value is -2.45. The number of aromatic nitrogens is 1. The zero-order chi connectivity index (χ0) is 22.0. The van der Waals surface area contributed by atoms with Gasteiger partial charge in [-0.05, 0) is 98.0 Å². The molecule has 0 spiro atoms. The van der Waals surface area contributed by atoms with Crippen molar-refractivity contribution in [3.63, 3.8) is 0 Å². The highest BCUT2D eigenvalue weighted by Gasteiger charge is 2.13. The first kappa shape index (κ1) is 21.8. The number of fused-ring (bicyclic) bond motifs is 1. The number of nitrogens with zero attached hydrogens (tertiary/aromatic N) is 1. The highest BCUT2D eigenvalue weighted by Crippen LogP contribution is 2.32. The third-order valence-electron chi connectivity index (χ3n) is 4.84. The molecule has 31 heavy (non-hydrogen) atoms. The van der Waals surface area contributed by atoms with E-state index in [1.54, 1.807) is 6.08 Å². The van der Waals surface area contributed by atoms with E-state index >= 15 is 0 Å². The minimum absolute atomic E-state index is 0.198. The molecule has 0 fully saturated rings. The number of rotatable bonds is 5. The Kier molecular flexibility index (Phi) is 6.57. The molecule has 0 radical (unpaired) electrons. The van der Waals surface area contributed by atoms with E-state index in [1.165, 1.54) is 11.6 Å². The van der Waals surface area contributed by atoms with Crippen LogP contribution < -0.4 is 5.32 Å². The van der Waals surface area contributed by atoms with Gasteiger partial charge in [-0.3, -0.25) is 4.79 Å². The molecule has 4 nitrogen and oxygen atoms in total. The average molecular weight is 587 g/mol. The fourth-order valence-electron chi connectivity index (χ4n) is 3.13. The molecule has 1 N–H and O–H groups in total. The van der Waals surface area contributed by atoms with Crippen molar-refractivity contribution < 1.29 is 9.21 Å². The summed E-state index contributed by atoms with van der Waals surface area (Å²) in [5, 5.41) is 2.89. The van der Waals surface area contributed by atoms with Crippen LogP contribution in [-0.4, -0.2) is 10.9 Å². The van der Waals surface area contributed by atoms with Gasteiger partial charge in [0.05, 0.1) is 5.56 Å². The molecule has 1 heterocycles. The summed E-state index contributed by atoms with van der Waals surface area (Å²) < 4.78 is 7.92. The first-order chi connectivity index (χ1) is 14.9. The fourth-order valence-corrected chi connectivity index (χ4v) is 4.04. The first-order valence-corrected chi connectivity index (χ1v) is 11.7. The fraction of sp³-hybridized carbons (Fsp3) is 0.120. The van der Waals surface area contributed by atoms with Crippen molar-refractivity contribution in [2.45, 2.75) is 19.8 Å². The lowest BCUT2D eigenvalue weighted by Gasteiger charge is -2.04. The quantitative estimate of drug-likeness (QED) is 0.193. The molecule has 0 aliphatic rings. The zero-order valence-corrected chi connectivity index (χ0v) is 20.8. The second kappa shape index (κ2) is 9.36. The minimum Gasteiger partial charge on any atom is -0.436 e. The van der Waals surface area contributed by atoms with Crippen LogP contribution in [0.25, 0.3) is 28.6 Å². The van der Waals surface area contributed by atoms with E-state index < -0.39 is 0 Å². The standard InChI is InChI=1S/C25H20BrIN2O2/c1-15(2)17-6-3-16(4-7-17)5-12-24(30)28-19-9-11-23-22(14-19)29-25(31-23)20-13-18(27)8-10-21(20)26/h3-15H,1-2H3,(H,28,30). The number of nitrogens with one attached hydrogen (secondary N) is 1. The van der Waals surface area contributed by atoms with Gasteiger partial charge in [-0.2, -0.15) is 0 Å². The van der Waals surface area contributed by atoms with Gasteiger partial charge in [0.1, 0.15) is 5.52 Å². The molecule has 0 atom stereocenters. The van der Waals surface area contributed by atoms with Crippen molar-refractivity contribution >= 4 is 67.3 Å². The maximum atomic E-state index is 12.4. The number of oxazole rings is 1. The van der Waals surface area contributed by atoms with Gasteiger partial charge in [0.25, 0.3) is 0 Å². The van der Waals surface area contributed by atoms with Crippen molar-refractivity contribution in [2.75, 3.05) is 5.32 Å². The topological polar surface area (TPSA) is 55.1 Å². The third kappa shape index (κ3) is 5.25. The van der Waals surface area contributed by atoms with E-state index in [2.05, 4.69) is 74.8 Å². The van der Waals surface area contributed by atoms with Crippen LogP contribution in [-0.2, 0) is 4.79 Å². The van der Waals surface area contributed by atoms with Crippen molar-refractivity contribution in [2.24, 2.45) is 0 Å². The van der Waals surface area contributed by atoms with Gasteiger partial charge < -0.3 is 9.73 Å². The molecular formula is C25H20BrIN2O2. The summed E-state index contributed by atoms with van der Waals surface area (Å²) in [5.74, 6) is 0.824. The number of hydrogen-bond donors (Lipinski definition) is 1. The lowest BCUT2D eigenvalue weighted by molar-refractivity contribution is -0.111. The Labute approximate surface area is 203 Å². The molecule has 4 aromatic rings. The summed E-state index contributed by atoms with van der Waals surface area (Å²) >= 11 is 5.81. The van der Waals surface area contributed by atoms with Crippen LogP contribution in [0.4, 0.5) is 5.69 Å². The van der Waals surface area contributed by atoms with Crippen LogP contribution in [0.3, 0.4) is 0 Å². The maximum Gasteiger partial charge on any atom is 0.248 e. The Balaban J connectivity index is 1.49. The number of hydrogen-bond acceptors (Lipinski definition) is 3. The monoisotopic (exact) mass is 586 g/mol. The lowest BCUT2D eigenvalue weighted by Crippen LogP contribution is -2.07. The second-order valence-electron chi connectivity index (χ2n) is 7.47. The Bertz CT molecular complexity index is 1280. The molecule has 0 saturated heterocycles.